The average Bonchev–Trinajstić information content (AvgIpc) is 2.23. The summed E-state index contributed by atoms with van der Waals surface area (Å²) in [6.07, 6.45) is 2.74. The van der Waals surface area contributed by atoms with E-state index in [9.17, 15) is 14.4 Å². The molecular formula is C10H12N4O3. The highest BCUT2D eigenvalue weighted by Gasteiger charge is 2.61. The third-order valence-corrected chi connectivity index (χ3v) is 3.19. The van der Waals surface area contributed by atoms with Gasteiger partial charge in [0.05, 0.1) is 6.21 Å². The number of carbonyl (C=O) groups excluding carboxylic acids is 3. The first-order valence-corrected chi connectivity index (χ1v) is 5.09. The Hall–Kier alpha value is -2.02. The number of nitrogens with one attached hydrogen (secondary N) is 1. The van der Waals surface area contributed by atoms with E-state index in [1.807, 2.05) is 0 Å². The van der Waals surface area contributed by atoms with Crippen molar-refractivity contribution < 1.29 is 14.4 Å². The van der Waals surface area contributed by atoms with Crippen LogP contribution in [0.15, 0.2) is 17.8 Å². The Bertz CT molecular complexity index is 437. The lowest BCUT2D eigenvalue weighted by molar-refractivity contribution is -0.168. The lowest BCUT2D eigenvalue weighted by atomic mass is 9.64. The van der Waals surface area contributed by atoms with E-state index in [4.69, 9.17) is 5.84 Å². The molecule has 0 aromatic heterocycles. The highest BCUT2D eigenvalue weighted by Crippen LogP contribution is 2.44. The van der Waals surface area contributed by atoms with Gasteiger partial charge in [-0.2, -0.15) is 0 Å². The second-order valence-corrected chi connectivity index (χ2v) is 4.12. The first-order chi connectivity index (χ1) is 8.01. The molecule has 3 fully saturated rings. The normalized spacial score (nSPS) is 30.8. The van der Waals surface area contributed by atoms with Crippen LogP contribution in [0.5, 0.6) is 0 Å². The van der Waals surface area contributed by atoms with Crippen LogP contribution >= 0.6 is 0 Å². The number of piperidine rings is 2. The third kappa shape index (κ3) is 1.55. The van der Waals surface area contributed by atoms with Gasteiger partial charge >= 0.3 is 0 Å². The molecule has 3 amide bonds. The van der Waals surface area contributed by atoms with E-state index < -0.39 is 17.4 Å². The molecule has 1 saturated carbocycles. The molecule has 2 saturated heterocycles. The van der Waals surface area contributed by atoms with Crippen molar-refractivity contribution in [2.75, 3.05) is 0 Å². The van der Waals surface area contributed by atoms with E-state index in [1.54, 1.807) is 0 Å². The molecule has 1 aliphatic carbocycles. The molecule has 7 nitrogen and oxygen atoms in total. The van der Waals surface area contributed by atoms with Crippen molar-refractivity contribution in [3.05, 3.63) is 12.8 Å². The monoisotopic (exact) mass is 236 g/mol. The summed E-state index contributed by atoms with van der Waals surface area (Å²) in [7, 11) is 0. The van der Waals surface area contributed by atoms with Crippen LogP contribution in [-0.2, 0) is 14.4 Å². The lowest BCUT2D eigenvalue weighted by Crippen LogP contribution is -2.75. The van der Waals surface area contributed by atoms with Crippen LogP contribution in [0, 0.1) is 5.92 Å². The molecule has 17 heavy (non-hydrogen) atoms. The summed E-state index contributed by atoms with van der Waals surface area (Å²) in [5.41, 5.74) is -1.09. The van der Waals surface area contributed by atoms with E-state index in [0.717, 1.165) is 11.2 Å². The van der Waals surface area contributed by atoms with Gasteiger partial charge in [-0.05, 0) is 12.8 Å². The van der Waals surface area contributed by atoms with Gasteiger partial charge in [-0.1, -0.05) is 6.58 Å². The second-order valence-electron chi connectivity index (χ2n) is 4.12. The minimum atomic E-state index is -1.09. The zero-order valence-electron chi connectivity index (χ0n) is 9.05. The quantitative estimate of drug-likeness (QED) is 0.209. The SMILES string of the molecule is C=CN=CC(=O)N(N)C12CC(C1)C(=O)NC2=O. The van der Waals surface area contributed by atoms with Gasteiger partial charge in [-0.25, -0.2) is 5.84 Å². The highest BCUT2D eigenvalue weighted by molar-refractivity contribution is 6.27. The standard InChI is InChI=1S/C10H12N4O3/c1-2-12-5-7(15)14(11)10-3-6(4-10)8(16)13-9(10)17/h2,5-6H,1,3-4,11H2,(H,13,16,17). The smallest absolute Gasteiger partial charge is 0.279 e. The number of nitrogens with zero attached hydrogens (tertiary/aromatic N) is 2. The van der Waals surface area contributed by atoms with Gasteiger partial charge in [0.25, 0.3) is 11.8 Å². The summed E-state index contributed by atoms with van der Waals surface area (Å²) in [5, 5.41) is 3.04. The topological polar surface area (TPSA) is 105 Å². The minimum Gasteiger partial charge on any atom is -0.294 e. The maximum atomic E-state index is 11.7. The van der Waals surface area contributed by atoms with Gasteiger partial charge in [-0.3, -0.25) is 29.7 Å². The van der Waals surface area contributed by atoms with E-state index in [0.29, 0.717) is 0 Å². The summed E-state index contributed by atoms with van der Waals surface area (Å²) in [6.45, 7) is 3.32. The number of imide groups is 1. The van der Waals surface area contributed by atoms with E-state index in [2.05, 4.69) is 16.9 Å². The van der Waals surface area contributed by atoms with Gasteiger partial charge in [0, 0.05) is 12.1 Å². The Labute approximate surface area is 97.3 Å². The van der Waals surface area contributed by atoms with Crippen molar-refractivity contribution in [3.63, 3.8) is 0 Å². The number of hydrazine groups is 1. The molecule has 2 aliphatic heterocycles. The maximum Gasteiger partial charge on any atom is 0.279 e. The lowest BCUT2D eigenvalue weighted by Gasteiger charge is -2.52. The van der Waals surface area contributed by atoms with Crippen LogP contribution in [0.1, 0.15) is 12.8 Å². The van der Waals surface area contributed by atoms with Crippen molar-refractivity contribution in [2.45, 2.75) is 18.4 Å². The Morgan fingerprint density at radius 2 is 2.24 bits per heavy atom. The van der Waals surface area contributed by atoms with Crippen LogP contribution in [0.25, 0.3) is 0 Å². The minimum absolute atomic E-state index is 0.233. The molecule has 2 heterocycles. The fourth-order valence-electron chi connectivity index (χ4n) is 2.15. The Balaban J connectivity index is 2.15. The highest BCUT2D eigenvalue weighted by atomic mass is 16.2. The molecular weight excluding hydrogens is 224 g/mol. The molecule has 0 unspecified atom stereocenters. The number of nitrogens with two attached hydrogens (primary N) is 1. The Morgan fingerprint density at radius 3 is 2.76 bits per heavy atom. The predicted octanol–water partition coefficient (Wildman–Crippen LogP) is -1.29. The van der Waals surface area contributed by atoms with Gasteiger partial charge in [0.1, 0.15) is 5.54 Å². The number of amides is 3. The fourth-order valence-corrected chi connectivity index (χ4v) is 2.15. The number of rotatable bonds is 3. The molecule has 2 bridgehead atoms. The zero-order valence-corrected chi connectivity index (χ0v) is 9.05. The number of aliphatic imine (C=N–C) groups is 1. The van der Waals surface area contributed by atoms with Gasteiger partial charge in [-0.15, -0.1) is 0 Å². The number of fused-ring (bicyclic) bond motifs is 2. The fraction of sp³-hybridized carbons (Fsp3) is 0.400. The van der Waals surface area contributed by atoms with E-state index in [-0.39, 0.29) is 24.7 Å². The Morgan fingerprint density at radius 1 is 1.59 bits per heavy atom. The summed E-state index contributed by atoms with van der Waals surface area (Å²) in [6, 6.07) is 0. The van der Waals surface area contributed by atoms with Gasteiger partial charge in [0.15, 0.2) is 0 Å². The largest absolute Gasteiger partial charge is 0.294 e. The van der Waals surface area contributed by atoms with Crippen molar-refractivity contribution in [1.29, 1.82) is 0 Å². The molecule has 0 spiro atoms. The molecule has 0 radical (unpaired) electrons. The summed E-state index contributed by atoms with van der Waals surface area (Å²) >= 11 is 0. The average molecular weight is 236 g/mol. The van der Waals surface area contributed by atoms with Crippen LogP contribution in [-0.4, -0.2) is 34.5 Å². The summed E-state index contributed by atoms with van der Waals surface area (Å²) < 4.78 is 0. The summed E-state index contributed by atoms with van der Waals surface area (Å²) in [4.78, 5) is 38.1. The maximum absolute atomic E-state index is 11.7. The van der Waals surface area contributed by atoms with Crippen LogP contribution in [0.4, 0.5) is 0 Å². The van der Waals surface area contributed by atoms with E-state index >= 15 is 0 Å². The second kappa shape index (κ2) is 3.77. The number of hydrogen-bond acceptors (Lipinski definition) is 5. The number of carbonyl (C=O) groups is 3. The van der Waals surface area contributed by atoms with Crippen LogP contribution in [0.3, 0.4) is 0 Å². The molecule has 0 aromatic rings. The molecule has 3 N–H and O–H groups in total. The molecule has 3 aliphatic rings. The van der Waals surface area contributed by atoms with Crippen molar-refractivity contribution >= 4 is 23.9 Å². The van der Waals surface area contributed by atoms with Gasteiger partial charge < -0.3 is 0 Å². The van der Waals surface area contributed by atoms with Crippen molar-refractivity contribution in [3.8, 4) is 0 Å². The third-order valence-electron chi connectivity index (χ3n) is 3.19. The molecule has 0 aromatic carbocycles. The molecule has 3 rings (SSSR count). The van der Waals surface area contributed by atoms with Crippen LogP contribution in [0.2, 0.25) is 0 Å². The zero-order chi connectivity index (χ0) is 12.6. The summed E-state index contributed by atoms with van der Waals surface area (Å²) in [5.74, 6) is 3.99. The van der Waals surface area contributed by atoms with E-state index in [1.165, 1.54) is 6.20 Å². The number of hydrogen-bond donors (Lipinski definition) is 2. The van der Waals surface area contributed by atoms with Crippen molar-refractivity contribution in [1.82, 2.24) is 10.3 Å². The molecule has 90 valence electrons. The first-order valence-electron chi connectivity index (χ1n) is 5.09. The predicted molar refractivity (Wildman–Crippen MR) is 58.3 cm³/mol. The van der Waals surface area contributed by atoms with Gasteiger partial charge in [0.2, 0.25) is 5.91 Å². The Kier molecular flexibility index (Phi) is 2.55. The van der Waals surface area contributed by atoms with Crippen molar-refractivity contribution in [2.24, 2.45) is 16.8 Å². The first kappa shape index (κ1) is 11.5. The molecule has 7 heteroatoms. The molecule has 0 atom stereocenters. The van der Waals surface area contributed by atoms with Crippen LogP contribution < -0.4 is 11.2 Å².